The van der Waals surface area contributed by atoms with Gasteiger partial charge in [0, 0.05) is 6.54 Å². The van der Waals surface area contributed by atoms with E-state index < -0.39 is 12.1 Å². The third kappa shape index (κ3) is 6.61. The van der Waals surface area contributed by atoms with Crippen molar-refractivity contribution in [1.29, 1.82) is 0 Å². The molecule has 0 heterocycles. The highest BCUT2D eigenvalue weighted by Gasteiger charge is 2.21. The molecular formula is C23H32N4O2. The van der Waals surface area contributed by atoms with Crippen LogP contribution in [-0.4, -0.2) is 37.5 Å². The second-order valence-electron chi connectivity index (χ2n) is 7.50. The lowest BCUT2D eigenvalue weighted by molar-refractivity contribution is -0.121. The van der Waals surface area contributed by atoms with Crippen molar-refractivity contribution in [2.75, 3.05) is 20.6 Å². The lowest BCUT2D eigenvalue weighted by Gasteiger charge is -2.26. The van der Waals surface area contributed by atoms with E-state index in [1.54, 1.807) is 0 Å². The Hall–Kier alpha value is -2.86. The van der Waals surface area contributed by atoms with Crippen LogP contribution < -0.4 is 16.4 Å². The van der Waals surface area contributed by atoms with Crippen LogP contribution in [0.4, 0.5) is 4.79 Å². The molecule has 0 spiro atoms. The number of rotatable bonds is 9. The summed E-state index contributed by atoms with van der Waals surface area (Å²) in [5.74, 6) is -0.135. The zero-order chi connectivity index (χ0) is 21.4. The van der Waals surface area contributed by atoms with Crippen LogP contribution in [0.1, 0.15) is 47.7 Å². The van der Waals surface area contributed by atoms with Crippen LogP contribution in [-0.2, 0) is 11.2 Å². The van der Waals surface area contributed by atoms with E-state index in [0.29, 0.717) is 6.54 Å². The Morgan fingerprint density at radius 2 is 1.72 bits per heavy atom. The van der Waals surface area contributed by atoms with Gasteiger partial charge in [0.15, 0.2) is 0 Å². The van der Waals surface area contributed by atoms with E-state index in [-0.39, 0.29) is 18.4 Å². The topological polar surface area (TPSA) is 87.5 Å². The number of likely N-dealkylation sites (N-methyl/N-ethyl adjacent to an activating group) is 1. The number of amides is 3. The first-order chi connectivity index (χ1) is 13.8. The molecular weight excluding hydrogens is 364 g/mol. The second kappa shape index (κ2) is 10.6. The first-order valence-electron chi connectivity index (χ1n) is 9.95. The standard InChI is InChI=1S/C23H32N4O2/c1-5-17-10-12-18(13-11-17)21(27(3)4)15-25-22(28)14-20(26-23(24)29)19-9-7-6-8-16(19)2/h6-13,20-21H,5,14-15H2,1-4H3,(H,25,28)(H3,24,26,29). The van der Waals surface area contributed by atoms with Crippen molar-refractivity contribution in [3.05, 3.63) is 70.8 Å². The van der Waals surface area contributed by atoms with Gasteiger partial charge in [-0.2, -0.15) is 0 Å². The van der Waals surface area contributed by atoms with Gasteiger partial charge in [-0.1, -0.05) is 55.5 Å². The Morgan fingerprint density at radius 1 is 1.07 bits per heavy atom. The average Bonchev–Trinajstić information content (AvgIpc) is 2.68. The molecule has 4 N–H and O–H groups in total. The van der Waals surface area contributed by atoms with Gasteiger partial charge in [0.05, 0.1) is 18.5 Å². The molecule has 0 bridgehead atoms. The molecule has 0 radical (unpaired) electrons. The first-order valence-corrected chi connectivity index (χ1v) is 9.95. The van der Waals surface area contributed by atoms with E-state index in [4.69, 9.17) is 5.73 Å². The van der Waals surface area contributed by atoms with E-state index in [0.717, 1.165) is 23.1 Å². The number of hydrogen-bond donors (Lipinski definition) is 3. The minimum absolute atomic E-state index is 0.0610. The van der Waals surface area contributed by atoms with E-state index in [1.165, 1.54) is 5.56 Å². The Bertz CT molecular complexity index is 818. The number of carbonyl (C=O) groups excluding carboxylic acids is 2. The molecule has 2 aromatic rings. The summed E-state index contributed by atoms with van der Waals surface area (Å²) in [6, 6.07) is 15.1. The maximum atomic E-state index is 12.7. The summed E-state index contributed by atoms with van der Waals surface area (Å²) in [6.07, 6.45) is 1.12. The Morgan fingerprint density at radius 3 is 2.28 bits per heavy atom. The molecule has 29 heavy (non-hydrogen) atoms. The van der Waals surface area contributed by atoms with Crippen LogP contribution in [0.3, 0.4) is 0 Å². The Kier molecular flexibility index (Phi) is 8.21. The zero-order valence-electron chi connectivity index (χ0n) is 17.7. The van der Waals surface area contributed by atoms with Gasteiger partial charge in [0.25, 0.3) is 0 Å². The highest BCUT2D eigenvalue weighted by atomic mass is 16.2. The number of nitrogens with one attached hydrogen (secondary N) is 2. The molecule has 2 atom stereocenters. The molecule has 156 valence electrons. The predicted molar refractivity (Wildman–Crippen MR) is 117 cm³/mol. The SMILES string of the molecule is CCc1ccc(C(CNC(=O)CC(NC(N)=O)c2ccccc2C)N(C)C)cc1. The number of nitrogens with two attached hydrogens (primary N) is 1. The molecule has 0 saturated carbocycles. The van der Waals surface area contributed by atoms with Crippen LogP contribution in [0.25, 0.3) is 0 Å². The Labute approximate surface area is 173 Å². The van der Waals surface area contributed by atoms with Crippen LogP contribution in [0.2, 0.25) is 0 Å². The normalized spacial score (nSPS) is 13.0. The number of primary amides is 1. The summed E-state index contributed by atoms with van der Waals surface area (Å²) in [5, 5.41) is 5.70. The van der Waals surface area contributed by atoms with Gasteiger partial charge in [0.1, 0.15) is 0 Å². The third-order valence-corrected chi connectivity index (χ3v) is 5.16. The number of benzene rings is 2. The molecule has 3 amide bonds. The predicted octanol–water partition coefficient (Wildman–Crippen LogP) is 3.08. The van der Waals surface area contributed by atoms with Crippen molar-refractivity contribution in [1.82, 2.24) is 15.5 Å². The molecule has 2 rings (SSSR count). The fourth-order valence-corrected chi connectivity index (χ4v) is 3.43. The molecule has 0 aromatic heterocycles. The first kappa shape index (κ1) is 22.4. The van der Waals surface area contributed by atoms with Crippen molar-refractivity contribution in [3.8, 4) is 0 Å². The second-order valence-corrected chi connectivity index (χ2v) is 7.50. The van der Waals surface area contributed by atoms with Crippen LogP contribution in [0.15, 0.2) is 48.5 Å². The quantitative estimate of drug-likeness (QED) is 0.609. The summed E-state index contributed by atoms with van der Waals surface area (Å²) in [7, 11) is 3.99. The van der Waals surface area contributed by atoms with E-state index in [9.17, 15) is 9.59 Å². The number of aryl methyl sites for hydroxylation is 2. The molecule has 6 nitrogen and oxygen atoms in total. The summed E-state index contributed by atoms with van der Waals surface area (Å²) >= 11 is 0. The molecule has 6 heteroatoms. The molecule has 2 aromatic carbocycles. The van der Waals surface area contributed by atoms with E-state index in [2.05, 4.69) is 46.7 Å². The molecule has 0 saturated heterocycles. The number of urea groups is 1. The molecule has 2 unspecified atom stereocenters. The van der Waals surface area contributed by atoms with Crippen LogP contribution in [0, 0.1) is 6.92 Å². The molecule has 0 aliphatic carbocycles. The maximum Gasteiger partial charge on any atom is 0.312 e. The van der Waals surface area contributed by atoms with Gasteiger partial charge in [-0.05, 0) is 49.7 Å². The fourth-order valence-electron chi connectivity index (χ4n) is 3.43. The van der Waals surface area contributed by atoms with E-state index >= 15 is 0 Å². The minimum atomic E-state index is -0.645. The van der Waals surface area contributed by atoms with Crippen LogP contribution in [0.5, 0.6) is 0 Å². The smallest absolute Gasteiger partial charge is 0.312 e. The van der Waals surface area contributed by atoms with Gasteiger partial charge < -0.3 is 21.3 Å². The molecule has 0 aliphatic rings. The average molecular weight is 397 g/mol. The van der Waals surface area contributed by atoms with E-state index in [1.807, 2.05) is 45.3 Å². The summed E-state index contributed by atoms with van der Waals surface area (Å²) in [4.78, 5) is 26.2. The van der Waals surface area contributed by atoms with Gasteiger partial charge in [-0.15, -0.1) is 0 Å². The number of hydrogen-bond acceptors (Lipinski definition) is 3. The Balaban J connectivity index is 2.05. The summed E-state index contributed by atoms with van der Waals surface area (Å²) in [6.45, 7) is 4.56. The maximum absolute atomic E-state index is 12.7. The van der Waals surface area contributed by atoms with Crippen molar-refractivity contribution in [2.24, 2.45) is 5.73 Å². The number of nitrogens with zero attached hydrogens (tertiary/aromatic N) is 1. The lowest BCUT2D eigenvalue weighted by Crippen LogP contribution is -2.39. The van der Waals surface area contributed by atoms with Crippen molar-refractivity contribution in [3.63, 3.8) is 0 Å². The summed E-state index contributed by atoms with van der Waals surface area (Å²) in [5.41, 5.74) is 9.66. The lowest BCUT2D eigenvalue weighted by atomic mass is 9.98. The van der Waals surface area contributed by atoms with Gasteiger partial charge >= 0.3 is 6.03 Å². The van der Waals surface area contributed by atoms with Crippen LogP contribution >= 0.6 is 0 Å². The fraction of sp³-hybridized carbons (Fsp3) is 0.391. The molecule has 0 fully saturated rings. The van der Waals surface area contributed by atoms with Gasteiger partial charge in [-0.3, -0.25) is 4.79 Å². The zero-order valence-corrected chi connectivity index (χ0v) is 17.7. The van der Waals surface area contributed by atoms with Gasteiger partial charge in [-0.25, -0.2) is 4.79 Å². The van der Waals surface area contributed by atoms with Gasteiger partial charge in [0.2, 0.25) is 5.91 Å². The van der Waals surface area contributed by atoms with Crippen molar-refractivity contribution >= 4 is 11.9 Å². The van der Waals surface area contributed by atoms with Crippen molar-refractivity contribution < 1.29 is 9.59 Å². The highest BCUT2D eigenvalue weighted by Crippen LogP contribution is 2.22. The van der Waals surface area contributed by atoms with Crippen molar-refractivity contribution in [2.45, 2.75) is 38.8 Å². The largest absolute Gasteiger partial charge is 0.354 e. The molecule has 0 aliphatic heterocycles. The number of carbonyl (C=O) groups is 2. The summed E-state index contributed by atoms with van der Waals surface area (Å²) < 4.78 is 0. The monoisotopic (exact) mass is 396 g/mol. The highest BCUT2D eigenvalue weighted by molar-refractivity contribution is 5.79. The third-order valence-electron chi connectivity index (χ3n) is 5.16. The minimum Gasteiger partial charge on any atom is -0.354 e.